The molecule has 4 rings (SSSR count). The van der Waals surface area contributed by atoms with Crippen molar-refractivity contribution in [3.05, 3.63) is 48.5 Å². The van der Waals surface area contributed by atoms with Crippen LogP contribution in [0.3, 0.4) is 0 Å². The number of methoxy groups -OCH3 is 1. The lowest BCUT2D eigenvalue weighted by Crippen LogP contribution is -2.41. The fraction of sp³-hybridized carbons (Fsp3) is 0.348. The van der Waals surface area contributed by atoms with Gasteiger partial charge < -0.3 is 19.7 Å². The Bertz CT molecular complexity index is 1040. The number of nitrogens with one attached hydrogen (secondary N) is 1. The number of amides is 1. The molecule has 0 aliphatic carbocycles. The van der Waals surface area contributed by atoms with Gasteiger partial charge in [-0.25, -0.2) is 9.97 Å². The van der Waals surface area contributed by atoms with Gasteiger partial charge in [0.15, 0.2) is 5.82 Å². The van der Waals surface area contributed by atoms with Gasteiger partial charge in [-0.15, -0.1) is 0 Å². The standard InChI is InChI=1S/C23H26N4O3/c1-3-30-20-13-7-6-12-19(20)25-22(28)16-9-8-14-27(15-16)21-23(29-2)26-18-11-5-4-10-17(18)24-21/h4-7,10-13,16H,3,8-9,14-15H2,1-2H3,(H,25,28). The number of carbonyl (C=O) groups is 1. The van der Waals surface area contributed by atoms with Crippen LogP contribution < -0.4 is 19.7 Å². The van der Waals surface area contributed by atoms with Crippen LogP contribution in [0.5, 0.6) is 11.6 Å². The minimum atomic E-state index is -0.161. The molecule has 0 saturated carbocycles. The highest BCUT2D eigenvalue weighted by molar-refractivity contribution is 5.94. The second-order valence-corrected chi connectivity index (χ2v) is 7.25. The number of benzene rings is 2. The molecule has 0 radical (unpaired) electrons. The maximum atomic E-state index is 13.0. The Morgan fingerprint density at radius 1 is 1.13 bits per heavy atom. The molecule has 30 heavy (non-hydrogen) atoms. The zero-order chi connectivity index (χ0) is 20.9. The van der Waals surface area contributed by atoms with Gasteiger partial charge in [0, 0.05) is 13.1 Å². The van der Waals surface area contributed by atoms with Crippen LogP contribution >= 0.6 is 0 Å². The van der Waals surface area contributed by atoms with E-state index >= 15 is 0 Å². The van der Waals surface area contributed by atoms with E-state index in [9.17, 15) is 4.79 Å². The first-order valence-corrected chi connectivity index (χ1v) is 10.3. The molecule has 1 aliphatic heterocycles. The van der Waals surface area contributed by atoms with Crippen LogP contribution in [-0.4, -0.2) is 42.7 Å². The summed E-state index contributed by atoms with van der Waals surface area (Å²) in [7, 11) is 1.60. The van der Waals surface area contributed by atoms with Crippen LogP contribution in [0.1, 0.15) is 19.8 Å². The summed E-state index contributed by atoms with van der Waals surface area (Å²) < 4.78 is 11.1. The maximum absolute atomic E-state index is 13.0. The van der Waals surface area contributed by atoms with Crippen molar-refractivity contribution in [1.29, 1.82) is 0 Å². The quantitative estimate of drug-likeness (QED) is 0.669. The van der Waals surface area contributed by atoms with E-state index in [0.29, 0.717) is 36.3 Å². The summed E-state index contributed by atoms with van der Waals surface area (Å²) in [6.07, 6.45) is 1.71. The van der Waals surface area contributed by atoms with Crippen molar-refractivity contribution in [2.24, 2.45) is 5.92 Å². The Kier molecular flexibility index (Phi) is 5.97. The predicted octanol–water partition coefficient (Wildman–Crippen LogP) is 3.89. The predicted molar refractivity (Wildman–Crippen MR) is 117 cm³/mol. The molecule has 1 N–H and O–H groups in total. The van der Waals surface area contributed by atoms with Gasteiger partial charge in [-0.2, -0.15) is 0 Å². The number of hydrogen-bond donors (Lipinski definition) is 1. The molecular formula is C23H26N4O3. The second kappa shape index (κ2) is 8.98. The molecule has 1 unspecified atom stereocenters. The van der Waals surface area contributed by atoms with E-state index in [-0.39, 0.29) is 11.8 Å². The SMILES string of the molecule is CCOc1ccccc1NC(=O)C1CCCN(c2nc3ccccc3nc2OC)C1. The van der Waals surface area contributed by atoms with Crippen molar-refractivity contribution in [2.75, 3.05) is 37.0 Å². The van der Waals surface area contributed by atoms with Crippen molar-refractivity contribution < 1.29 is 14.3 Å². The van der Waals surface area contributed by atoms with Crippen molar-refractivity contribution in [3.63, 3.8) is 0 Å². The molecule has 3 aromatic rings. The van der Waals surface area contributed by atoms with Gasteiger partial charge in [0.2, 0.25) is 5.91 Å². The van der Waals surface area contributed by atoms with Crippen LogP contribution in [-0.2, 0) is 4.79 Å². The first-order chi connectivity index (χ1) is 14.7. The molecule has 1 fully saturated rings. The maximum Gasteiger partial charge on any atom is 0.257 e. The average molecular weight is 406 g/mol. The number of ether oxygens (including phenoxy) is 2. The van der Waals surface area contributed by atoms with Crippen molar-refractivity contribution >= 4 is 28.4 Å². The van der Waals surface area contributed by atoms with E-state index in [4.69, 9.17) is 14.5 Å². The van der Waals surface area contributed by atoms with Crippen LogP contribution in [0.15, 0.2) is 48.5 Å². The molecule has 1 aromatic heterocycles. The number of carbonyl (C=O) groups excluding carboxylic acids is 1. The molecular weight excluding hydrogens is 380 g/mol. The van der Waals surface area contributed by atoms with Crippen LogP contribution in [0, 0.1) is 5.92 Å². The van der Waals surface area contributed by atoms with Gasteiger partial charge in [-0.05, 0) is 44.0 Å². The van der Waals surface area contributed by atoms with E-state index in [1.807, 2.05) is 55.5 Å². The van der Waals surface area contributed by atoms with Crippen LogP contribution in [0.25, 0.3) is 11.0 Å². The number of fused-ring (bicyclic) bond motifs is 1. The molecule has 2 aromatic carbocycles. The number of aromatic nitrogens is 2. The first-order valence-electron chi connectivity index (χ1n) is 10.3. The second-order valence-electron chi connectivity index (χ2n) is 7.25. The highest BCUT2D eigenvalue weighted by atomic mass is 16.5. The van der Waals surface area contributed by atoms with Gasteiger partial charge >= 0.3 is 0 Å². The molecule has 0 bridgehead atoms. The fourth-order valence-corrected chi connectivity index (χ4v) is 3.79. The van der Waals surface area contributed by atoms with Crippen molar-refractivity contribution in [3.8, 4) is 11.6 Å². The third-order valence-electron chi connectivity index (χ3n) is 5.25. The zero-order valence-corrected chi connectivity index (χ0v) is 17.3. The molecule has 7 heteroatoms. The first kappa shape index (κ1) is 19.9. The number of para-hydroxylation sites is 4. The zero-order valence-electron chi connectivity index (χ0n) is 17.3. The fourth-order valence-electron chi connectivity index (χ4n) is 3.79. The average Bonchev–Trinajstić information content (AvgIpc) is 2.79. The summed E-state index contributed by atoms with van der Waals surface area (Å²) in [6, 6.07) is 15.2. The smallest absolute Gasteiger partial charge is 0.257 e. The third kappa shape index (κ3) is 4.15. The molecule has 156 valence electrons. The van der Waals surface area contributed by atoms with Gasteiger partial charge in [-0.3, -0.25) is 4.79 Å². The van der Waals surface area contributed by atoms with E-state index in [1.165, 1.54) is 0 Å². The summed E-state index contributed by atoms with van der Waals surface area (Å²) in [6.45, 7) is 3.84. The topological polar surface area (TPSA) is 76.6 Å². The Hall–Kier alpha value is -3.35. The molecule has 2 heterocycles. The monoisotopic (exact) mass is 406 g/mol. The highest BCUT2D eigenvalue weighted by Crippen LogP contribution is 2.31. The number of nitrogens with zero attached hydrogens (tertiary/aromatic N) is 3. The largest absolute Gasteiger partial charge is 0.492 e. The number of hydrogen-bond acceptors (Lipinski definition) is 6. The van der Waals surface area contributed by atoms with Gasteiger partial charge in [-0.1, -0.05) is 24.3 Å². The number of piperidine rings is 1. The Balaban J connectivity index is 1.54. The number of anilines is 2. The Labute approximate surface area is 176 Å². The van der Waals surface area contributed by atoms with Crippen LogP contribution in [0.4, 0.5) is 11.5 Å². The van der Waals surface area contributed by atoms with E-state index < -0.39 is 0 Å². The summed E-state index contributed by atoms with van der Waals surface area (Å²) in [5.41, 5.74) is 2.30. The van der Waals surface area contributed by atoms with E-state index in [1.54, 1.807) is 7.11 Å². The minimum absolute atomic E-state index is 0.0143. The minimum Gasteiger partial charge on any atom is -0.492 e. The van der Waals surface area contributed by atoms with Crippen molar-refractivity contribution in [1.82, 2.24) is 9.97 Å². The molecule has 0 spiro atoms. The summed E-state index contributed by atoms with van der Waals surface area (Å²) in [5.74, 6) is 1.67. The van der Waals surface area contributed by atoms with E-state index in [0.717, 1.165) is 30.4 Å². The van der Waals surface area contributed by atoms with E-state index in [2.05, 4.69) is 15.2 Å². The molecule has 1 aliphatic rings. The number of rotatable bonds is 6. The summed E-state index contributed by atoms with van der Waals surface area (Å²) in [4.78, 5) is 24.5. The summed E-state index contributed by atoms with van der Waals surface area (Å²) in [5, 5.41) is 3.04. The lowest BCUT2D eigenvalue weighted by atomic mass is 9.97. The third-order valence-corrected chi connectivity index (χ3v) is 5.25. The van der Waals surface area contributed by atoms with Gasteiger partial charge in [0.25, 0.3) is 5.88 Å². The highest BCUT2D eigenvalue weighted by Gasteiger charge is 2.29. The summed E-state index contributed by atoms with van der Waals surface area (Å²) >= 11 is 0. The van der Waals surface area contributed by atoms with Gasteiger partial charge in [0.05, 0.1) is 36.4 Å². The van der Waals surface area contributed by atoms with Gasteiger partial charge in [0.1, 0.15) is 5.75 Å². The lowest BCUT2D eigenvalue weighted by Gasteiger charge is -2.33. The molecule has 1 amide bonds. The molecule has 1 atom stereocenters. The Morgan fingerprint density at radius 3 is 2.63 bits per heavy atom. The van der Waals surface area contributed by atoms with Crippen molar-refractivity contribution in [2.45, 2.75) is 19.8 Å². The lowest BCUT2D eigenvalue weighted by molar-refractivity contribution is -0.120. The van der Waals surface area contributed by atoms with Crippen LogP contribution in [0.2, 0.25) is 0 Å². The molecule has 7 nitrogen and oxygen atoms in total. The normalized spacial score (nSPS) is 16.3. The molecule has 1 saturated heterocycles. The Morgan fingerprint density at radius 2 is 1.87 bits per heavy atom.